The molecule has 1 aromatic carbocycles. The maximum atomic E-state index is 12.0. The lowest BCUT2D eigenvalue weighted by molar-refractivity contribution is 0.156. The van der Waals surface area contributed by atoms with Crippen LogP contribution in [0.3, 0.4) is 0 Å². The first-order valence-electron chi connectivity index (χ1n) is 5.86. The summed E-state index contributed by atoms with van der Waals surface area (Å²) in [5.41, 5.74) is 0. The van der Waals surface area contributed by atoms with Gasteiger partial charge in [0.05, 0.1) is 23.3 Å². The van der Waals surface area contributed by atoms with Crippen LogP contribution in [0.15, 0.2) is 35.2 Å². The summed E-state index contributed by atoms with van der Waals surface area (Å²) in [6.45, 7) is -0.126. The summed E-state index contributed by atoms with van der Waals surface area (Å²) in [6.07, 6.45) is -0.581. The molecule has 0 radical (unpaired) electrons. The van der Waals surface area contributed by atoms with E-state index in [0.29, 0.717) is 0 Å². The summed E-state index contributed by atoms with van der Waals surface area (Å²) in [7, 11) is -3.43. The van der Waals surface area contributed by atoms with Crippen molar-refractivity contribution < 1.29 is 23.1 Å². The Labute approximate surface area is 111 Å². The fourth-order valence-electron chi connectivity index (χ4n) is 1.88. The monoisotopic (exact) mass is 285 g/mol. The van der Waals surface area contributed by atoms with Gasteiger partial charge in [0.25, 0.3) is 0 Å². The van der Waals surface area contributed by atoms with E-state index in [9.17, 15) is 13.2 Å². The van der Waals surface area contributed by atoms with E-state index in [2.05, 4.69) is 0 Å². The largest absolute Gasteiger partial charge is 0.447 e. The Hall–Kier alpha value is -1.60. The second kappa shape index (κ2) is 5.58. The Balaban J connectivity index is 2.04. The standard InChI is InChI=1S/C12H15NO5S/c14-8-10-9-18-12(15)13(10)6-7-19(16,17)11-4-2-1-3-5-11/h1-5,10,14H,6-9H2/t10-/m0/s1. The molecule has 1 N–H and O–H groups in total. The van der Waals surface area contributed by atoms with Crippen LogP contribution in [0, 0.1) is 0 Å². The molecule has 1 amide bonds. The first kappa shape index (κ1) is 13.8. The van der Waals surface area contributed by atoms with E-state index in [1.165, 1.54) is 17.0 Å². The molecule has 7 heteroatoms. The zero-order chi connectivity index (χ0) is 13.9. The highest BCUT2D eigenvalue weighted by atomic mass is 32.2. The summed E-state index contributed by atoms with van der Waals surface area (Å²) in [4.78, 5) is 12.9. The van der Waals surface area contributed by atoms with Gasteiger partial charge in [-0.1, -0.05) is 18.2 Å². The van der Waals surface area contributed by atoms with Crippen LogP contribution in [0.25, 0.3) is 0 Å². The van der Waals surface area contributed by atoms with E-state index in [1.807, 2.05) is 0 Å². The average Bonchev–Trinajstić information content (AvgIpc) is 2.78. The minimum atomic E-state index is -3.43. The minimum Gasteiger partial charge on any atom is -0.447 e. The zero-order valence-corrected chi connectivity index (χ0v) is 11.0. The maximum absolute atomic E-state index is 12.0. The first-order chi connectivity index (χ1) is 9.04. The minimum absolute atomic E-state index is 0.0152. The number of carbonyl (C=O) groups excluding carboxylic acids is 1. The van der Waals surface area contributed by atoms with Crippen LogP contribution < -0.4 is 0 Å². The SMILES string of the molecule is O=C1OC[C@H](CO)N1CCS(=O)(=O)c1ccccc1. The molecule has 1 fully saturated rings. The molecule has 1 aliphatic heterocycles. The molecule has 6 nitrogen and oxygen atoms in total. The first-order valence-corrected chi connectivity index (χ1v) is 7.52. The predicted molar refractivity (Wildman–Crippen MR) is 67.4 cm³/mol. The number of amides is 1. The number of nitrogens with zero attached hydrogens (tertiary/aromatic N) is 1. The number of ether oxygens (including phenoxy) is 1. The highest BCUT2D eigenvalue weighted by Gasteiger charge is 2.33. The summed E-state index contributed by atoms with van der Waals surface area (Å²) < 4.78 is 28.9. The van der Waals surface area contributed by atoms with E-state index in [4.69, 9.17) is 9.84 Å². The molecule has 1 aromatic rings. The van der Waals surface area contributed by atoms with Crippen molar-refractivity contribution in [3.63, 3.8) is 0 Å². The van der Waals surface area contributed by atoms with Crippen molar-refractivity contribution in [1.82, 2.24) is 4.90 Å². The summed E-state index contributed by atoms with van der Waals surface area (Å²) in [5, 5.41) is 9.08. The highest BCUT2D eigenvalue weighted by Crippen LogP contribution is 2.15. The third-order valence-electron chi connectivity index (χ3n) is 2.99. The van der Waals surface area contributed by atoms with E-state index in [-0.39, 0.29) is 30.4 Å². The van der Waals surface area contributed by atoms with Crippen LogP contribution in [-0.2, 0) is 14.6 Å². The normalized spacial score (nSPS) is 19.5. The van der Waals surface area contributed by atoms with Crippen molar-refractivity contribution in [2.24, 2.45) is 0 Å². The lowest BCUT2D eigenvalue weighted by Crippen LogP contribution is -2.39. The molecule has 2 rings (SSSR count). The Morgan fingerprint density at radius 3 is 2.63 bits per heavy atom. The number of hydrogen-bond donors (Lipinski definition) is 1. The zero-order valence-electron chi connectivity index (χ0n) is 10.2. The summed E-state index contributed by atoms with van der Waals surface area (Å²) >= 11 is 0. The summed E-state index contributed by atoms with van der Waals surface area (Å²) in [5.74, 6) is -0.192. The number of benzene rings is 1. The van der Waals surface area contributed by atoms with Gasteiger partial charge in [0.15, 0.2) is 9.84 Å². The van der Waals surface area contributed by atoms with E-state index < -0.39 is 22.0 Å². The highest BCUT2D eigenvalue weighted by molar-refractivity contribution is 7.91. The van der Waals surface area contributed by atoms with Crippen LogP contribution in [-0.4, -0.2) is 56.1 Å². The Kier molecular flexibility index (Phi) is 4.06. The van der Waals surface area contributed by atoms with Crippen molar-refractivity contribution in [1.29, 1.82) is 0 Å². The van der Waals surface area contributed by atoms with Gasteiger partial charge in [-0.2, -0.15) is 0 Å². The van der Waals surface area contributed by atoms with Crippen LogP contribution in [0.4, 0.5) is 4.79 Å². The number of cyclic esters (lactones) is 1. The van der Waals surface area contributed by atoms with Crippen molar-refractivity contribution in [2.45, 2.75) is 10.9 Å². The Morgan fingerprint density at radius 1 is 1.32 bits per heavy atom. The molecule has 0 bridgehead atoms. The molecule has 1 aliphatic rings. The molecule has 1 heterocycles. The number of aliphatic hydroxyl groups is 1. The van der Waals surface area contributed by atoms with Gasteiger partial charge in [-0.3, -0.25) is 4.90 Å². The number of carbonyl (C=O) groups is 1. The van der Waals surface area contributed by atoms with E-state index in [1.54, 1.807) is 18.2 Å². The van der Waals surface area contributed by atoms with Gasteiger partial charge in [0, 0.05) is 6.54 Å². The number of hydrogen-bond acceptors (Lipinski definition) is 5. The predicted octanol–water partition coefficient (Wildman–Crippen LogP) is 0.273. The molecular weight excluding hydrogens is 270 g/mol. The van der Waals surface area contributed by atoms with Crippen molar-refractivity contribution in [2.75, 3.05) is 25.5 Å². The van der Waals surface area contributed by atoms with Crippen LogP contribution in [0.5, 0.6) is 0 Å². The summed E-state index contributed by atoms with van der Waals surface area (Å²) in [6, 6.07) is 7.60. The molecule has 0 aliphatic carbocycles. The molecular formula is C12H15NO5S. The quantitative estimate of drug-likeness (QED) is 0.839. The number of aliphatic hydroxyl groups excluding tert-OH is 1. The lowest BCUT2D eigenvalue weighted by atomic mass is 10.3. The van der Waals surface area contributed by atoms with Gasteiger partial charge in [-0.15, -0.1) is 0 Å². The van der Waals surface area contributed by atoms with Crippen molar-refractivity contribution >= 4 is 15.9 Å². The molecule has 19 heavy (non-hydrogen) atoms. The number of sulfone groups is 1. The third-order valence-corrected chi connectivity index (χ3v) is 4.70. The lowest BCUT2D eigenvalue weighted by Gasteiger charge is -2.19. The maximum Gasteiger partial charge on any atom is 0.410 e. The fraction of sp³-hybridized carbons (Fsp3) is 0.417. The number of rotatable bonds is 5. The van der Waals surface area contributed by atoms with E-state index in [0.717, 1.165) is 0 Å². The topological polar surface area (TPSA) is 83.9 Å². The van der Waals surface area contributed by atoms with Crippen LogP contribution in [0.2, 0.25) is 0 Å². The van der Waals surface area contributed by atoms with Crippen molar-refractivity contribution in [3.8, 4) is 0 Å². The molecule has 0 spiro atoms. The Morgan fingerprint density at radius 2 is 2.00 bits per heavy atom. The second-order valence-electron chi connectivity index (χ2n) is 4.24. The molecule has 1 saturated heterocycles. The Bertz CT molecular complexity index is 542. The van der Waals surface area contributed by atoms with Gasteiger partial charge in [0.2, 0.25) is 0 Å². The van der Waals surface area contributed by atoms with Gasteiger partial charge in [-0.25, -0.2) is 13.2 Å². The van der Waals surface area contributed by atoms with Gasteiger partial charge in [-0.05, 0) is 12.1 Å². The van der Waals surface area contributed by atoms with Crippen molar-refractivity contribution in [3.05, 3.63) is 30.3 Å². The molecule has 0 saturated carbocycles. The van der Waals surface area contributed by atoms with Crippen LogP contribution >= 0.6 is 0 Å². The van der Waals surface area contributed by atoms with E-state index >= 15 is 0 Å². The third kappa shape index (κ3) is 3.05. The average molecular weight is 285 g/mol. The van der Waals surface area contributed by atoms with Gasteiger partial charge < -0.3 is 9.84 Å². The fourth-order valence-corrected chi connectivity index (χ4v) is 3.12. The molecule has 0 aromatic heterocycles. The molecule has 104 valence electrons. The molecule has 0 unspecified atom stereocenters. The van der Waals surface area contributed by atoms with Crippen LogP contribution in [0.1, 0.15) is 0 Å². The smallest absolute Gasteiger partial charge is 0.410 e. The second-order valence-corrected chi connectivity index (χ2v) is 6.35. The van der Waals surface area contributed by atoms with Gasteiger partial charge in [0.1, 0.15) is 6.61 Å². The van der Waals surface area contributed by atoms with Gasteiger partial charge >= 0.3 is 6.09 Å². The molecule has 1 atom stereocenters.